The van der Waals surface area contributed by atoms with Crippen LogP contribution in [0.3, 0.4) is 0 Å². The van der Waals surface area contributed by atoms with Crippen LogP contribution < -0.4 is 21.1 Å². The summed E-state index contributed by atoms with van der Waals surface area (Å²) in [7, 11) is 1.64. The number of anilines is 1. The van der Waals surface area contributed by atoms with Gasteiger partial charge in [0.1, 0.15) is 11.3 Å². The maximum Gasteiger partial charge on any atom is 0.199 e. The van der Waals surface area contributed by atoms with E-state index in [1.807, 2.05) is 35.0 Å². The molecule has 0 radical (unpaired) electrons. The van der Waals surface area contributed by atoms with Gasteiger partial charge in [0.05, 0.1) is 24.5 Å². The number of aromatic nitrogens is 5. The van der Waals surface area contributed by atoms with Gasteiger partial charge in [0.25, 0.3) is 0 Å². The van der Waals surface area contributed by atoms with Gasteiger partial charge in [-0.15, -0.1) is 0 Å². The Kier molecular flexibility index (Phi) is 5.23. The zero-order valence-electron chi connectivity index (χ0n) is 17.2. The topological polar surface area (TPSA) is 129 Å². The molecule has 160 valence electrons. The van der Waals surface area contributed by atoms with Crippen LogP contribution in [0.4, 0.5) is 5.82 Å². The summed E-state index contributed by atoms with van der Waals surface area (Å²) >= 11 is 0. The van der Waals surface area contributed by atoms with E-state index in [0.717, 1.165) is 48.2 Å². The molecule has 1 saturated heterocycles. The molecule has 0 bridgehead atoms. The number of nitrogen functional groups attached to an aromatic ring is 1. The fourth-order valence-electron chi connectivity index (χ4n) is 4.06. The number of hydrogen-bond acceptors (Lipinski definition) is 9. The third-order valence-corrected chi connectivity index (χ3v) is 5.61. The first-order chi connectivity index (χ1) is 15.3. The molecule has 4 heterocycles. The molecule has 1 aromatic carbocycles. The fourth-order valence-corrected chi connectivity index (χ4v) is 4.06. The lowest BCUT2D eigenvalue weighted by atomic mass is 10.1. The van der Waals surface area contributed by atoms with Crippen LogP contribution in [0.5, 0.6) is 5.75 Å². The molecule has 10 heteroatoms. The molecule has 10 nitrogen and oxygen atoms in total. The molecule has 0 unspecified atom stereocenters. The van der Waals surface area contributed by atoms with Gasteiger partial charge >= 0.3 is 0 Å². The average Bonchev–Trinajstić information content (AvgIpc) is 3.41. The summed E-state index contributed by atoms with van der Waals surface area (Å²) in [5, 5.41) is 14.8. The molecular formula is C21H24N8O2. The van der Waals surface area contributed by atoms with Crippen LogP contribution in [-0.4, -0.2) is 51.1 Å². The summed E-state index contributed by atoms with van der Waals surface area (Å²) in [6.07, 6.45) is 5.81. The number of ether oxygens (including phenoxy) is 1. The van der Waals surface area contributed by atoms with E-state index in [2.05, 4.69) is 25.9 Å². The van der Waals surface area contributed by atoms with Crippen molar-refractivity contribution in [1.29, 1.82) is 0 Å². The molecule has 3 aromatic heterocycles. The molecular weight excluding hydrogens is 396 g/mol. The molecule has 4 aromatic rings. The number of imidazole rings is 1. The van der Waals surface area contributed by atoms with Gasteiger partial charge in [-0.3, -0.25) is 9.55 Å². The monoisotopic (exact) mass is 420 g/mol. The van der Waals surface area contributed by atoms with Gasteiger partial charge in [-0.1, -0.05) is 12.1 Å². The minimum atomic E-state index is 0.175. The Morgan fingerprint density at radius 1 is 1.23 bits per heavy atom. The normalized spacial score (nSPS) is 14.9. The van der Waals surface area contributed by atoms with E-state index in [1.54, 1.807) is 13.3 Å². The van der Waals surface area contributed by atoms with Crippen molar-refractivity contribution in [2.45, 2.75) is 25.4 Å². The van der Waals surface area contributed by atoms with E-state index >= 15 is 0 Å². The molecule has 0 saturated carbocycles. The molecule has 0 spiro atoms. The number of methoxy groups -OCH3 is 1. The van der Waals surface area contributed by atoms with Crippen LogP contribution in [0.25, 0.3) is 28.2 Å². The molecule has 0 atom stereocenters. The van der Waals surface area contributed by atoms with Crippen molar-refractivity contribution in [2.75, 3.05) is 25.9 Å². The Morgan fingerprint density at radius 3 is 2.84 bits per heavy atom. The number of benzene rings is 1. The zero-order chi connectivity index (χ0) is 21.2. The smallest absolute Gasteiger partial charge is 0.199 e. The lowest BCUT2D eigenvalue weighted by molar-refractivity contribution is 0.310. The van der Waals surface area contributed by atoms with E-state index < -0.39 is 0 Å². The Labute approximate surface area is 178 Å². The number of nitrogens with zero attached hydrogens (tertiary/aromatic N) is 5. The number of hydrogen-bond donors (Lipinski definition) is 3. The van der Waals surface area contributed by atoms with E-state index in [4.69, 9.17) is 20.1 Å². The second-order valence-electron chi connectivity index (χ2n) is 7.51. The highest BCUT2D eigenvalue weighted by molar-refractivity contribution is 5.86. The summed E-state index contributed by atoms with van der Waals surface area (Å²) in [5.74, 6) is 1.40. The van der Waals surface area contributed by atoms with Gasteiger partial charge in [-0.2, -0.15) is 0 Å². The highest BCUT2D eigenvalue weighted by Crippen LogP contribution is 2.34. The minimum absolute atomic E-state index is 0.175. The summed E-state index contributed by atoms with van der Waals surface area (Å²) < 4.78 is 12.5. The first kappa shape index (κ1) is 19.5. The minimum Gasteiger partial charge on any atom is -0.495 e. The first-order valence-corrected chi connectivity index (χ1v) is 10.3. The molecule has 1 fully saturated rings. The number of nitrogens with two attached hydrogens (primary N) is 1. The fraction of sp³-hybridized carbons (Fsp3) is 0.333. The van der Waals surface area contributed by atoms with Gasteiger partial charge in [-0.05, 0) is 48.4 Å². The van der Waals surface area contributed by atoms with E-state index in [-0.39, 0.29) is 5.82 Å². The molecule has 1 aliphatic rings. The van der Waals surface area contributed by atoms with Crippen LogP contribution in [0.2, 0.25) is 0 Å². The Morgan fingerprint density at radius 2 is 2.06 bits per heavy atom. The third kappa shape index (κ3) is 3.60. The maximum absolute atomic E-state index is 6.02. The Hall–Kier alpha value is -3.50. The van der Waals surface area contributed by atoms with Crippen molar-refractivity contribution in [1.82, 2.24) is 35.5 Å². The lowest BCUT2D eigenvalue weighted by Crippen LogP contribution is -2.39. The lowest BCUT2D eigenvalue weighted by Gasteiger charge is -2.24. The number of piperidine rings is 1. The molecule has 4 N–H and O–H groups in total. The predicted molar refractivity (Wildman–Crippen MR) is 116 cm³/mol. The van der Waals surface area contributed by atoms with Crippen molar-refractivity contribution in [3.05, 3.63) is 42.2 Å². The van der Waals surface area contributed by atoms with Crippen LogP contribution >= 0.6 is 0 Å². The number of para-hydroxylation sites is 2. The highest BCUT2D eigenvalue weighted by Gasteiger charge is 2.24. The predicted octanol–water partition coefficient (Wildman–Crippen LogP) is 1.90. The van der Waals surface area contributed by atoms with E-state index in [9.17, 15) is 0 Å². The van der Waals surface area contributed by atoms with Crippen molar-refractivity contribution < 1.29 is 9.37 Å². The standard InChI is InChI=1S/C21H24N8O2/c1-30-17-5-3-2-4-16(17)29-19-13(11-25-14-6-8-23-9-7-14)10-24-12-15(19)26-21(29)18-20(22)28-31-27-18/h2-5,10,12,14,23,25H,6-9,11H2,1H3,(H2,22,28). The highest BCUT2D eigenvalue weighted by atomic mass is 16.6. The van der Waals surface area contributed by atoms with Crippen LogP contribution in [0.15, 0.2) is 41.3 Å². The SMILES string of the molecule is COc1ccccc1-n1c(-c2nonc2N)nc2cncc(CNC3CCNCC3)c21. The number of fused-ring (bicyclic) bond motifs is 1. The summed E-state index contributed by atoms with van der Waals surface area (Å²) in [4.78, 5) is 9.21. The second-order valence-corrected chi connectivity index (χ2v) is 7.51. The number of nitrogens with one attached hydrogen (secondary N) is 2. The number of rotatable bonds is 6. The molecule has 0 amide bonds. The quantitative estimate of drug-likeness (QED) is 0.428. The van der Waals surface area contributed by atoms with Crippen molar-refractivity contribution in [2.24, 2.45) is 0 Å². The summed E-state index contributed by atoms with van der Waals surface area (Å²) in [6.45, 7) is 2.73. The molecule has 1 aliphatic heterocycles. The average molecular weight is 420 g/mol. The number of pyridine rings is 1. The molecule has 5 rings (SSSR count). The van der Waals surface area contributed by atoms with Crippen LogP contribution in [0, 0.1) is 0 Å². The van der Waals surface area contributed by atoms with Crippen molar-refractivity contribution in [3.63, 3.8) is 0 Å². The van der Waals surface area contributed by atoms with Gasteiger partial charge in [-0.25, -0.2) is 9.61 Å². The Balaban J connectivity index is 1.68. The largest absolute Gasteiger partial charge is 0.495 e. The summed E-state index contributed by atoms with van der Waals surface area (Å²) in [6, 6.07) is 8.22. The Bertz CT molecular complexity index is 1200. The second kappa shape index (κ2) is 8.32. The van der Waals surface area contributed by atoms with Crippen molar-refractivity contribution in [3.8, 4) is 23.0 Å². The van der Waals surface area contributed by atoms with Gasteiger partial charge < -0.3 is 21.1 Å². The first-order valence-electron chi connectivity index (χ1n) is 10.3. The zero-order valence-corrected chi connectivity index (χ0v) is 17.2. The van der Waals surface area contributed by atoms with Gasteiger partial charge in [0.15, 0.2) is 17.3 Å². The third-order valence-electron chi connectivity index (χ3n) is 5.61. The van der Waals surface area contributed by atoms with E-state index in [1.165, 1.54) is 0 Å². The van der Waals surface area contributed by atoms with Gasteiger partial charge in [0.2, 0.25) is 0 Å². The molecule has 31 heavy (non-hydrogen) atoms. The maximum atomic E-state index is 6.02. The van der Waals surface area contributed by atoms with Crippen LogP contribution in [0.1, 0.15) is 18.4 Å². The van der Waals surface area contributed by atoms with Crippen LogP contribution in [-0.2, 0) is 6.54 Å². The molecule has 0 aliphatic carbocycles. The van der Waals surface area contributed by atoms with Crippen molar-refractivity contribution >= 4 is 16.9 Å². The van der Waals surface area contributed by atoms with Gasteiger partial charge in [0, 0.05) is 24.3 Å². The summed E-state index contributed by atoms with van der Waals surface area (Å²) in [5.41, 5.74) is 9.88. The van der Waals surface area contributed by atoms with E-state index in [0.29, 0.717) is 29.9 Å².